The van der Waals surface area contributed by atoms with Gasteiger partial charge in [-0.05, 0) is 37.5 Å². The minimum Gasteiger partial charge on any atom is -0.493 e. The summed E-state index contributed by atoms with van der Waals surface area (Å²) < 4.78 is 18.3. The van der Waals surface area contributed by atoms with Gasteiger partial charge in [-0.25, -0.2) is 4.98 Å². The molecule has 140 valence electrons. The van der Waals surface area contributed by atoms with Crippen molar-refractivity contribution in [1.29, 1.82) is 0 Å². The summed E-state index contributed by atoms with van der Waals surface area (Å²) in [5.41, 5.74) is 0.0480. The van der Waals surface area contributed by atoms with Crippen LogP contribution in [-0.4, -0.2) is 41.9 Å². The summed E-state index contributed by atoms with van der Waals surface area (Å²) in [6.07, 6.45) is 5.15. The van der Waals surface area contributed by atoms with Crippen LogP contribution in [0.2, 0.25) is 0 Å². The van der Waals surface area contributed by atoms with E-state index >= 15 is 0 Å². The van der Waals surface area contributed by atoms with Crippen molar-refractivity contribution in [2.45, 2.75) is 31.4 Å². The minimum absolute atomic E-state index is 0.141. The highest BCUT2D eigenvalue weighted by Gasteiger charge is 2.39. The first-order valence-electron chi connectivity index (χ1n) is 8.62. The summed E-state index contributed by atoms with van der Waals surface area (Å²) in [5.74, 6) is 1.82. The second-order valence-electron chi connectivity index (χ2n) is 6.60. The molecule has 0 saturated carbocycles. The minimum atomic E-state index is -0.806. The summed E-state index contributed by atoms with van der Waals surface area (Å²) in [4.78, 5) is 17.3. The Balaban J connectivity index is 1.97. The Kier molecular flexibility index (Phi) is 5.18. The zero-order valence-electron chi connectivity index (χ0n) is 15.6. The van der Waals surface area contributed by atoms with Crippen LogP contribution in [0.15, 0.2) is 30.6 Å². The summed E-state index contributed by atoms with van der Waals surface area (Å²) in [5, 5.41) is 3.10. The van der Waals surface area contributed by atoms with Gasteiger partial charge in [0, 0.05) is 26.0 Å². The molecule has 7 nitrogen and oxygen atoms in total. The molecular formula is C19H25N3O4. The van der Waals surface area contributed by atoms with Gasteiger partial charge < -0.3 is 24.1 Å². The molecule has 1 fully saturated rings. The van der Waals surface area contributed by atoms with Crippen LogP contribution >= 0.6 is 0 Å². The smallest absolute Gasteiger partial charge is 0.252 e. The van der Waals surface area contributed by atoms with Crippen molar-refractivity contribution in [2.24, 2.45) is 7.05 Å². The fourth-order valence-corrected chi connectivity index (χ4v) is 3.23. The Morgan fingerprint density at radius 3 is 2.69 bits per heavy atom. The zero-order valence-corrected chi connectivity index (χ0v) is 15.6. The first-order valence-corrected chi connectivity index (χ1v) is 8.62. The van der Waals surface area contributed by atoms with Crippen LogP contribution in [0.1, 0.15) is 37.2 Å². The van der Waals surface area contributed by atoms with Crippen molar-refractivity contribution >= 4 is 5.91 Å². The molecule has 1 aliphatic heterocycles. The van der Waals surface area contributed by atoms with Crippen LogP contribution in [0.4, 0.5) is 0 Å². The molecular weight excluding hydrogens is 334 g/mol. The molecule has 2 heterocycles. The number of rotatable bonds is 6. The van der Waals surface area contributed by atoms with E-state index in [4.69, 9.17) is 14.2 Å². The standard InChI is InChI=1S/C19H25N3O4/c1-19(8-5-11-26-19)18(23)21-16(17-20-9-10-22(17)2)13-6-7-14(24-3)15(12-13)25-4/h6-7,9-10,12,16H,5,8,11H2,1-4H3,(H,21,23). The number of methoxy groups -OCH3 is 2. The van der Waals surface area contributed by atoms with Crippen molar-refractivity contribution in [1.82, 2.24) is 14.9 Å². The predicted octanol–water partition coefficient (Wildman–Crippen LogP) is 2.21. The van der Waals surface area contributed by atoms with E-state index in [1.165, 1.54) is 0 Å². The van der Waals surface area contributed by atoms with E-state index in [1.54, 1.807) is 20.4 Å². The second-order valence-corrected chi connectivity index (χ2v) is 6.60. The van der Waals surface area contributed by atoms with Gasteiger partial charge in [-0.1, -0.05) is 6.07 Å². The van der Waals surface area contributed by atoms with E-state index in [1.807, 2.05) is 42.9 Å². The quantitative estimate of drug-likeness (QED) is 0.856. The van der Waals surface area contributed by atoms with Crippen molar-refractivity contribution in [3.05, 3.63) is 42.0 Å². The Labute approximate surface area is 153 Å². The maximum absolute atomic E-state index is 12.9. The first-order chi connectivity index (χ1) is 12.5. The van der Waals surface area contributed by atoms with Gasteiger partial charge in [0.1, 0.15) is 17.5 Å². The lowest BCUT2D eigenvalue weighted by Crippen LogP contribution is -2.46. The predicted molar refractivity (Wildman–Crippen MR) is 96.3 cm³/mol. The van der Waals surface area contributed by atoms with Gasteiger partial charge in [-0.2, -0.15) is 0 Å². The molecule has 2 unspecified atom stereocenters. The van der Waals surface area contributed by atoms with Crippen molar-refractivity contribution < 1.29 is 19.0 Å². The number of hydrogen-bond donors (Lipinski definition) is 1. The lowest BCUT2D eigenvalue weighted by Gasteiger charge is -2.27. The van der Waals surface area contributed by atoms with Crippen LogP contribution in [-0.2, 0) is 16.6 Å². The third-order valence-corrected chi connectivity index (χ3v) is 4.83. The largest absolute Gasteiger partial charge is 0.493 e. The number of amides is 1. The van der Waals surface area contributed by atoms with Crippen molar-refractivity contribution in [3.8, 4) is 11.5 Å². The fourth-order valence-electron chi connectivity index (χ4n) is 3.23. The summed E-state index contributed by atoms with van der Waals surface area (Å²) >= 11 is 0. The number of aromatic nitrogens is 2. The highest BCUT2D eigenvalue weighted by Crippen LogP contribution is 2.33. The molecule has 1 saturated heterocycles. The van der Waals surface area contributed by atoms with Gasteiger partial charge in [0.05, 0.1) is 14.2 Å². The molecule has 3 rings (SSSR count). The summed E-state index contributed by atoms with van der Waals surface area (Å²) in [6, 6.07) is 5.16. The molecule has 2 aromatic rings. The van der Waals surface area contributed by atoms with Crippen LogP contribution < -0.4 is 14.8 Å². The zero-order chi connectivity index (χ0) is 18.7. The maximum Gasteiger partial charge on any atom is 0.252 e. The molecule has 1 aromatic heterocycles. The van der Waals surface area contributed by atoms with Gasteiger partial charge in [0.2, 0.25) is 0 Å². The molecule has 1 aromatic carbocycles. The molecule has 1 aliphatic rings. The number of nitrogens with zero attached hydrogens (tertiary/aromatic N) is 2. The topological polar surface area (TPSA) is 74.6 Å². The molecule has 0 aliphatic carbocycles. The first kappa shape index (κ1) is 18.3. The van der Waals surface area contributed by atoms with E-state index in [-0.39, 0.29) is 5.91 Å². The number of benzene rings is 1. The number of carbonyl (C=O) groups excluding carboxylic acids is 1. The van der Waals surface area contributed by atoms with Crippen LogP contribution in [0.25, 0.3) is 0 Å². The molecule has 0 radical (unpaired) electrons. The van der Waals surface area contributed by atoms with Gasteiger partial charge >= 0.3 is 0 Å². The average molecular weight is 359 g/mol. The molecule has 7 heteroatoms. The number of carbonyl (C=O) groups is 1. The van der Waals surface area contributed by atoms with Gasteiger partial charge in [-0.15, -0.1) is 0 Å². The van der Waals surface area contributed by atoms with Gasteiger partial charge in [-0.3, -0.25) is 4.79 Å². The average Bonchev–Trinajstić information content (AvgIpc) is 3.28. The van der Waals surface area contributed by atoms with Gasteiger partial charge in [0.25, 0.3) is 5.91 Å². The Hall–Kier alpha value is -2.54. The molecule has 1 N–H and O–H groups in total. The van der Waals surface area contributed by atoms with E-state index in [0.29, 0.717) is 24.5 Å². The van der Waals surface area contributed by atoms with E-state index in [2.05, 4.69) is 10.3 Å². The maximum atomic E-state index is 12.9. The van der Waals surface area contributed by atoms with Crippen LogP contribution in [0.5, 0.6) is 11.5 Å². The third kappa shape index (κ3) is 3.39. The molecule has 2 atom stereocenters. The van der Waals surface area contributed by atoms with Gasteiger partial charge in [0.15, 0.2) is 11.5 Å². The second kappa shape index (κ2) is 7.37. The molecule has 26 heavy (non-hydrogen) atoms. The number of hydrogen-bond acceptors (Lipinski definition) is 5. The molecule has 1 amide bonds. The van der Waals surface area contributed by atoms with Crippen molar-refractivity contribution in [3.63, 3.8) is 0 Å². The number of aryl methyl sites for hydroxylation is 1. The summed E-state index contributed by atoms with van der Waals surface area (Å²) in [7, 11) is 5.08. The van der Waals surface area contributed by atoms with Crippen molar-refractivity contribution in [2.75, 3.05) is 20.8 Å². The van der Waals surface area contributed by atoms with Crippen LogP contribution in [0, 0.1) is 0 Å². The number of nitrogens with one attached hydrogen (secondary N) is 1. The molecule has 0 bridgehead atoms. The van der Waals surface area contributed by atoms with E-state index in [0.717, 1.165) is 17.8 Å². The summed E-state index contributed by atoms with van der Waals surface area (Å²) in [6.45, 7) is 2.44. The Morgan fingerprint density at radius 2 is 2.12 bits per heavy atom. The van der Waals surface area contributed by atoms with E-state index in [9.17, 15) is 4.79 Å². The normalized spacial score (nSPS) is 20.6. The lowest BCUT2D eigenvalue weighted by atomic mass is 9.99. The Bertz CT molecular complexity index is 781. The molecule has 0 spiro atoms. The number of ether oxygens (including phenoxy) is 3. The third-order valence-electron chi connectivity index (χ3n) is 4.83. The highest BCUT2D eigenvalue weighted by molar-refractivity contribution is 5.85. The fraction of sp³-hybridized carbons (Fsp3) is 0.474. The van der Waals surface area contributed by atoms with Crippen LogP contribution in [0.3, 0.4) is 0 Å². The lowest BCUT2D eigenvalue weighted by molar-refractivity contribution is -0.140. The SMILES string of the molecule is COc1ccc(C(NC(=O)C2(C)CCCO2)c2nccn2C)cc1OC. The number of imidazole rings is 1. The highest BCUT2D eigenvalue weighted by atomic mass is 16.5. The monoisotopic (exact) mass is 359 g/mol. The Morgan fingerprint density at radius 1 is 1.35 bits per heavy atom. The van der Waals surface area contributed by atoms with E-state index < -0.39 is 11.6 Å².